The van der Waals surface area contributed by atoms with Gasteiger partial charge < -0.3 is 4.74 Å². The summed E-state index contributed by atoms with van der Waals surface area (Å²) in [6.07, 6.45) is 3.54. The number of ketones is 1. The molecule has 0 unspecified atom stereocenters. The van der Waals surface area contributed by atoms with Crippen LogP contribution in [0.15, 0.2) is 42.5 Å². The molecular formula is C16H18O3. The van der Waals surface area contributed by atoms with E-state index >= 15 is 0 Å². The molecule has 1 aliphatic carbocycles. The standard InChI is InChI=1S/C16H18O3/c1-3-19-15(18)11-16(12(2)9-10-14(16)17)13-7-5-4-6-8-13/h4-10,12H,3,11H2,1-2H3/t12-,16+/m1/s1. The maximum Gasteiger partial charge on any atom is 0.307 e. The summed E-state index contributed by atoms with van der Waals surface area (Å²) >= 11 is 0. The molecule has 0 aromatic heterocycles. The van der Waals surface area contributed by atoms with E-state index in [1.807, 2.05) is 43.3 Å². The Morgan fingerprint density at radius 1 is 1.32 bits per heavy atom. The van der Waals surface area contributed by atoms with Gasteiger partial charge >= 0.3 is 5.97 Å². The first-order valence-electron chi connectivity index (χ1n) is 6.55. The molecular weight excluding hydrogens is 240 g/mol. The van der Waals surface area contributed by atoms with Crippen LogP contribution in [0.2, 0.25) is 0 Å². The molecule has 19 heavy (non-hydrogen) atoms. The molecule has 1 aliphatic rings. The Hall–Kier alpha value is -1.90. The van der Waals surface area contributed by atoms with Gasteiger partial charge in [-0.2, -0.15) is 0 Å². The molecule has 0 bridgehead atoms. The Kier molecular flexibility index (Phi) is 3.84. The minimum Gasteiger partial charge on any atom is -0.466 e. The van der Waals surface area contributed by atoms with Gasteiger partial charge in [-0.25, -0.2) is 0 Å². The lowest BCUT2D eigenvalue weighted by molar-refractivity contribution is -0.146. The lowest BCUT2D eigenvalue weighted by Gasteiger charge is -2.31. The summed E-state index contributed by atoms with van der Waals surface area (Å²) in [5, 5.41) is 0. The quantitative estimate of drug-likeness (QED) is 0.780. The lowest BCUT2D eigenvalue weighted by Crippen LogP contribution is -2.39. The predicted molar refractivity (Wildman–Crippen MR) is 72.7 cm³/mol. The van der Waals surface area contributed by atoms with Crippen molar-refractivity contribution in [2.24, 2.45) is 5.92 Å². The smallest absolute Gasteiger partial charge is 0.307 e. The van der Waals surface area contributed by atoms with Crippen LogP contribution >= 0.6 is 0 Å². The second-order valence-electron chi connectivity index (χ2n) is 4.83. The highest BCUT2D eigenvalue weighted by Gasteiger charge is 2.47. The van der Waals surface area contributed by atoms with Gasteiger partial charge in [0.25, 0.3) is 0 Å². The predicted octanol–water partition coefficient (Wildman–Crippen LogP) is 2.65. The summed E-state index contributed by atoms with van der Waals surface area (Å²) in [4.78, 5) is 24.2. The molecule has 0 amide bonds. The van der Waals surface area contributed by atoms with Crippen molar-refractivity contribution in [3.63, 3.8) is 0 Å². The SMILES string of the molecule is CCOC(=O)C[C@]1(c2ccccc2)C(=O)C=C[C@H]1C. The van der Waals surface area contributed by atoms with Gasteiger partial charge in [0.1, 0.15) is 0 Å². The van der Waals surface area contributed by atoms with Crippen molar-refractivity contribution in [2.75, 3.05) is 6.61 Å². The van der Waals surface area contributed by atoms with Crippen LogP contribution in [0.5, 0.6) is 0 Å². The molecule has 2 rings (SSSR count). The van der Waals surface area contributed by atoms with E-state index < -0.39 is 5.41 Å². The van der Waals surface area contributed by atoms with Gasteiger partial charge in [-0.05, 0) is 24.5 Å². The van der Waals surface area contributed by atoms with Crippen LogP contribution in [0.4, 0.5) is 0 Å². The van der Waals surface area contributed by atoms with Gasteiger partial charge in [0.2, 0.25) is 0 Å². The maximum atomic E-state index is 12.4. The van der Waals surface area contributed by atoms with Crippen molar-refractivity contribution < 1.29 is 14.3 Å². The molecule has 0 radical (unpaired) electrons. The van der Waals surface area contributed by atoms with E-state index in [1.54, 1.807) is 13.0 Å². The van der Waals surface area contributed by atoms with E-state index in [-0.39, 0.29) is 24.1 Å². The molecule has 100 valence electrons. The third-order valence-corrected chi connectivity index (χ3v) is 3.77. The zero-order valence-electron chi connectivity index (χ0n) is 11.3. The van der Waals surface area contributed by atoms with E-state index in [4.69, 9.17) is 4.74 Å². The zero-order chi connectivity index (χ0) is 13.9. The maximum absolute atomic E-state index is 12.4. The summed E-state index contributed by atoms with van der Waals surface area (Å²) in [5.41, 5.74) is 0.0820. The summed E-state index contributed by atoms with van der Waals surface area (Å²) in [6, 6.07) is 9.49. The number of hydrogen-bond acceptors (Lipinski definition) is 3. The molecule has 0 saturated heterocycles. The van der Waals surface area contributed by atoms with Crippen LogP contribution in [-0.4, -0.2) is 18.4 Å². The summed E-state index contributed by atoms with van der Waals surface area (Å²) in [6.45, 7) is 4.07. The number of hydrogen-bond donors (Lipinski definition) is 0. The molecule has 1 aromatic rings. The minimum atomic E-state index is -0.798. The number of ether oxygens (including phenoxy) is 1. The summed E-state index contributed by atoms with van der Waals surface area (Å²) < 4.78 is 5.03. The van der Waals surface area contributed by atoms with Gasteiger partial charge in [-0.3, -0.25) is 9.59 Å². The fourth-order valence-electron chi connectivity index (χ4n) is 2.70. The normalized spacial score (nSPS) is 25.6. The second-order valence-corrected chi connectivity index (χ2v) is 4.83. The highest BCUT2D eigenvalue weighted by atomic mass is 16.5. The van der Waals surface area contributed by atoms with Crippen LogP contribution in [0.3, 0.4) is 0 Å². The van der Waals surface area contributed by atoms with Gasteiger partial charge in [0, 0.05) is 0 Å². The molecule has 2 atom stereocenters. The first kappa shape index (κ1) is 13.5. The van der Waals surface area contributed by atoms with E-state index in [9.17, 15) is 9.59 Å². The second kappa shape index (κ2) is 5.39. The molecule has 3 heteroatoms. The Morgan fingerprint density at radius 2 is 2.00 bits per heavy atom. The van der Waals surface area contributed by atoms with Crippen LogP contribution < -0.4 is 0 Å². The van der Waals surface area contributed by atoms with E-state index in [1.165, 1.54) is 0 Å². The molecule has 1 aromatic carbocycles. The molecule has 0 fully saturated rings. The molecule has 0 spiro atoms. The van der Waals surface area contributed by atoms with Crippen molar-refractivity contribution in [3.05, 3.63) is 48.0 Å². The monoisotopic (exact) mass is 258 g/mol. The van der Waals surface area contributed by atoms with E-state index in [2.05, 4.69) is 0 Å². The Labute approximate surface area is 113 Å². The van der Waals surface area contributed by atoms with Crippen LogP contribution in [0.25, 0.3) is 0 Å². The fraction of sp³-hybridized carbons (Fsp3) is 0.375. The van der Waals surface area contributed by atoms with Crippen LogP contribution in [0, 0.1) is 5.92 Å². The third kappa shape index (κ3) is 2.33. The van der Waals surface area contributed by atoms with E-state index in [0.717, 1.165) is 5.56 Å². The minimum absolute atomic E-state index is 0.00759. The average Bonchev–Trinajstić information content (AvgIpc) is 2.69. The Balaban J connectivity index is 2.40. The largest absolute Gasteiger partial charge is 0.466 e. The van der Waals surface area contributed by atoms with Crippen molar-refractivity contribution >= 4 is 11.8 Å². The average molecular weight is 258 g/mol. The summed E-state index contributed by atoms with van der Waals surface area (Å²) in [7, 11) is 0. The number of esters is 1. The van der Waals surface area contributed by atoms with Gasteiger partial charge in [0.05, 0.1) is 18.4 Å². The first-order chi connectivity index (χ1) is 9.11. The van der Waals surface area contributed by atoms with Crippen LogP contribution in [-0.2, 0) is 19.7 Å². The van der Waals surface area contributed by atoms with Gasteiger partial charge in [-0.15, -0.1) is 0 Å². The summed E-state index contributed by atoms with van der Waals surface area (Å²) in [5.74, 6) is -0.346. The van der Waals surface area contributed by atoms with Crippen molar-refractivity contribution in [1.82, 2.24) is 0 Å². The van der Waals surface area contributed by atoms with Crippen LogP contribution in [0.1, 0.15) is 25.8 Å². The highest BCUT2D eigenvalue weighted by Crippen LogP contribution is 2.42. The number of carbonyl (C=O) groups is 2. The number of carbonyl (C=O) groups excluding carboxylic acids is 2. The van der Waals surface area contributed by atoms with Gasteiger partial charge in [-0.1, -0.05) is 43.3 Å². The lowest BCUT2D eigenvalue weighted by atomic mass is 9.69. The zero-order valence-corrected chi connectivity index (χ0v) is 11.3. The van der Waals surface area contributed by atoms with E-state index in [0.29, 0.717) is 6.61 Å². The third-order valence-electron chi connectivity index (χ3n) is 3.77. The van der Waals surface area contributed by atoms with Crippen molar-refractivity contribution in [2.45, 2.75) is 25.7 Å². The Morgan fingerprint density at radius 3 is 2.53 bits per heavy atom. The van der Waals surface area contributed by atoms with Gasteiger partial charge in [0.15, 0.2) is 5.78 Å². The van der Waals surface area contributed by atoms with Crippen molar-refractivity contribution in [3.8, 4) is 0 Å². The number of allylic oxidation sites excluding steroid dienone is 2. The molecule has 0 N–H and O–H groups in total. The molecule has 0 saturated carbocycles. The first-order valence-corrected chi connectivity index (χ1v) is 6.55. The molecule has 0 aliphatic heterocycles. The van der Waals surface area contributed by atoms with Crippen molar-refractivity contribution in [1.29, 1.82) is 0 Å². The molecule has 3 nitrogen and oxygen atoms in total. The Bertz CT molecular complexity index is 504. The topological polar surface area (TPSA) is 43.4 Å². The fourth-order valence-corrected chi connectivity index (χ4v) is 2.70. The number of benzene rings is 1. The highest BCUT2D eigenvalue weighted by molar-refractivity contribution is 6.04. The molecule has 0 heterocycles. The number of rotatable bonds is 4.